The lowest BCUT2D eigenvalue weighted by Gasteiger charge is -2.52. The summed E-state index contributed by atoms with van der Waals surface area (Å²) in [4.78, 5) is 41.3. The van der Waals surface area contributed by atoms with E-state index in [0.29, 0.717) is 0 Å². The van der Waals surface area contributed by atoms with Crippen molar-refractivity contribution in [2.45, 2.75) is 18.0 Å². The number of methoxy groups -OCH3 is 1. The third-order valence-electron chi connectivity index (χ3n) is 8.63. The zero-order chi connectivity index (χ0) is 24.6. The molecular weight excluding hydrogens is 515 g/mol. The Kier molecular flexibility index (Phi) is 5.06. The maximum Gasteiger partial charge on any atom is 0.323 e. The number of amides is 2. The lowest BCUT2D eigenvalue weighted by atomic mass is 9.55. The molecule has 8 heteroatoms. The van der Waals surface area contributed by atoms with Gasteiger partial charge in [0, 0.05) is 28.9 Å². The molecule has 180 valence electrons. The minimum atomic E-state index is -0.813. The molecule has 6 nitrogen and oxygen atoms in total. The van der Waals surface area contributed by atoms with Crippen molar-refractivity contribution in [1.82, 2.24) is 10.2 Å². The number of benzene rings is 2. The van der Waals surface area contributed by atoms with Gasteiger partial charge in [0.25, 0.3) is 0 Å². The van der Waals surface area contributed by atoms with Crippen molar-refractivity contribution in [3.63, 3.8) is 0 Å². The Morgan fingerprint density at radius 3 is 2.34 bits per heavy atom. The fourth-order valence-corrected chi connectivity index (χ4v) is 7.66. The van der Waals surface area contributed by atoms with E-state index in [1.807, 2.05) is 24.3 Å². The lowest BCUT2D eigenvalue weighted by Crippen LogP contribution is -2.60. The number of rotatable bonds is 3. The fraction of sp³-hybridized carbons (Fsp3) is 0.370. The van der Waals surface area contributed by atoms with Crippen molar-refractivity contribution in [2.75, 3.05) is 14.2 Å². The Labute approximate surface area is 210 Å². The molecule has 35 heavy (non-hydrogen) atoms. The van der Waals surface area contributed by atoms with E-state index in [0.717, 1.165) is 15.6 Å². The highest BCUT2D eigenvalue weighted by atomic mass is 79.9. The highest BCUT2D eigenvalue weighted by Gasteiger charge is 2.76. The first-order valence-corrected chi connectivity index (χ1v) is 12.4. The van der Waals surface area contributed by atoms with Crippen LogP contribution in [0.1, 0.15) is 23.1 Å². The first-order chi connectivity index (χ1) is 16.8. The Hall–Kier alpha value is -2.84. The summed E-state index contributed by atoms with van der Waals surface area (Å²) in [5, 5.41) is 3.54. The fourth-order valence-electron chi connectivity index (χ4n) is 7.40. The molecule has 1 saturated carbocycles. The zero-order valence-electron chi connectivity index (χ0n) is 19.2. The molecule has 6 rings (SSSR count). The average Bonchev–Trinajstić information content (AvgIpc) is 3.47. The molecule has 2 aromatic rings. The van der Waals surface area contributed by atoms with Crippen LogP contribution in [0.5, 0.6) is 0 Å². The van der Waals surface area contributed by atoms with Crippen molar-refractivity contribution < 1.29 is 23.5 Å². The van der Waals surface area contributed by atoms with Crippen molar-refractivity contribution in [2.24, 2.45) is 29.1 Å². The van der Waals surface area contributed by atoms with Gasteiger partial charge in [-0.1, -0.05) is 52.3 Å². The van der Waals surface area contributed by atoms with E-state index in [2.05, 4.69) is 33.4 Å². The Morgan fingerprint density at radius 1 is 1.03 bits per heavy atom. The molecule has 1 N–H and O–H groups in total. The van der Waals surface area contributed by atoms with Crippen LogP contribution in [0.3, 0.4) is 0 Å². The summed E-state index contributed by atoms with van der Waals surface area (Å²) in [6.07, 6.45) is 4.12. The molecule has 0 aromatic heterocycles. The lowest BCUT2D eigenvalue weighted by molar-refractivity contribution is -0.150. The van der Waals surface area contributed by atoms with Crippen molar-refractivity contribution in [3.8, 4) is 0 Å². The summed E-state index contributed by atoms with van der Waals surface area (Å²) in [5.74, 6) is -3.14. The third-order valence-corrected chi connectivity index (χ3v) is 9.16. The molecule has 2 heterocycles. The standard InChI is InChI=1S/C27H24BrFN2O4/c1-31-24(32)18-17-11-12-27(21(18)25(31)33)19(13-5-9-16(29)10-6-13)23(26(34)35-2)30-22(20(17)27)14-3-7-15(28)8-4-14/h3-12,17-23,30H,1-2H3/t17-,18+,19+,20+,21-,22+,23+,27+/m1/s1. The van der Waals surface area contributed by atoms with Gasteiger partial charge in [0.1, 0.15) is 11.9 Å². The predicted molar refractivity (Wildman–Crippen MR) is 128 cm³/mol. The monoisotopic (exact) mass is 538 g/mol. The van der Waals surface area contributed by atoms with Gasteiger partial charge in [0.05, 0.1) is 18.9 Å². The molecule has 0 spiro atoms. The Bertz CT molecular complexity index is 1260. The van der Waals surface area contributed by atoms with Gasteiger partial charge in [-0.2, -0.15) is 0 Å². The van der Waals surface area contributed by atoms with Crippen molar-refractivity contribution >= 4 is 33.7 Å². The molecule has 2 bridgehead atoms. The van der Waals surface area contributed by atoms with E-state index >= 15 is 0 Å². The number of carbonyl (C=O) groups excluding carboxylic acids is 3. The Morgan fingerprint density at radius 2 is 1.69 bits per heavy atom. The van der Waals surface area contributed by atoms with E-state index in [1.165, 1.54) is 31.2 Å². The van der Waals surface area contributed by atoms with E-state index < -0.39 is 35.2 Å². The molecule has 0 radical (unpaired) electrons. The van der Waals surface area contributed by atoms with Crippen LogP contribution < -0.4 is 5.32 Å². The van der Waals surface area contributed by atoms with Crippen LogP contribution in [0, 0.1) is 34.9 Å². The number of halogens is 2. The third kappa shape index (κ3) is 2.93. The first kappa shape index (κ1) is 22.6. The number of ether oxygens (including phenoxy) is 1. The van der Waals surface area contributed by atoms with E-state index in [4.69, 9.17) is 4.74 Å². The van der Waals surface area contributed by atoms with Crippen LogP contribution in [0.25, 0.3) is 0 Å². The number of hydrogen-bond donors (Lipinski definition) is 1. The maximum atomic E-state index is 13.9. The number of esters is 1. The van der Waals surface area contributed by atoms with Gasteiger partial charge in [-0.15, -0.1) is 0 Å². The number of fused-ring (bicyclic) bond motifs is 2. The molecule has 2 amide bonds. The smallest absolute Gasteiger partial charge is 0.323 e. The van der Waals surface area contributed by atoms with Gasteiger partial charge < -0.3 is 4.74 Å². The normalized spacial score (nSPS) is 36.9. The number of piperidine rings is 1. The average molecular weight is 539 g/mol. The molecule has 2 aliphatic heterocycles. The second-order valence-corrected chi connectivity index (χ2v) is 10.8. The Balaban J connectivity index is 1.60. The highest BCUT2D eigenvalue weighted by molar-refractivity contribution is 9.10. The number of likely N-dealkylation sites (tertiary alicyclic amines) is 1. The molecule has 3 fully saturated rings. The highest BCUT2D eigenvalue weighted by Crippen LogP contribution is 2.72. The summed E-state index contributed by atoms with van der Waals surface area (Å²) < 4.78 is 20.1. The summed E-state index contributed by atoms with van der Waals surface area (Å²) in [7, 11) is 2.87. The summed E-state index contributed by atoms with van der Waals surface area (Å²) in [6, 6.07) is 12.9. The van der Waals surface area contributed by atoms with Gasteiger partial charge in [-0.25, -0.2) is 4.39 Å². The molecule has 2 aliphatic carbocycles. The molecule has 8 atom stereocenters. The van der Waals surface area contributed by atoms with Crippen LogP contribution in [-0.4, -0.2) is 42.9 Å². The summed E-state index contributed by atoms with van der Waals surface area (Å²) in [6.45, 7) is 0. The SMILES string of the molecule is COC(=O)[C@H]1N[C@@H](c2ccc(Br)cc2)[C@@H]2[C@@H]3C=C[C@]2([C@H]2C(=O)N(C)C(=O)[C@@H]32)[C@H]1c1ccc(F)cc1. The summed E-state index contributed by atoms with van der Waals surface area (Å²) >= 11 is 3.48. The topological polar surface area (TPSA) is 75.7 Å². The molecule has 0 unspecified atom stereocenters. The number of allylic oxidation sites excluding steroid dienone is 2. The molecular formula is C27H24BrFN2O4. The van der Waals surface area contributed by atoms with Gasteiger partial charge in [-0.3, -0.25) is 24.6 Å². The predicted octanol–water partition coefficient (Wildman–Crippen LogP) is 3.59. The van der Waals surface area contributed by atoms with Gasteiger partial charge in [0.15, 0.2) is 0 Å². The number of carbonyl (C=O) groups is 3. The second-order valence-electron chi connectivity index (χ2n) is 9.93. The maximum absolute atomic E-state index is 13.9. The van der Waals surface area contributed by atoms with Crippen LogP contribution >= 0.6 is 15.9 Å². The number of imide groups is 1. The zero-order valence-corrected chi connectivity index (χ0v) is 20.7. The van der Waals surface area contributed by atoms with E-state index in [9.17, 15) is 18.8 Å². The first-order valence-electron chi connectivity index (χ1n) is 11.6. The van der Waals surface area contributed by atoms with E-state index in [1.54, 1.807) is 12.1 Å². The number of hydrogen-bond acceptors (Lipinski definition) is 5. The van der Waals surface area contributed by atoms with Gasteiger partial charge >= 0.3 is 5.97 Å². The van der Waals surface area contributed by atoms with Crippen LogP contribution in [0.4, 0.5) is 4.39 Å². The molecule has 2 aromatic carbocycles. The minimum Gasteiger partial charge on any atom is -0.468 e. The van der Waals surface area contributed by atoms with Crippen LogP contribution in [-0.2, 0) is 19.1 Å². The number of nitrogens with one attached hydrogen (secondary N) is 1. The van der Waals surface area contributed by atoms with Gasteiger partial charge in [0.2, 0.25) is 11.8 Å². The quantitative estimate of drug-likeness (QED) is 0.367. The van der Waals surface area contributed by atoms with Crippen LogP contribution in [0.15, 0.2) is 65.2 Å². The minimum absolute atomic E-state index is 0.142. The largest absolute Gasteiger partial charge is 0.468 e. The summed E-state index contributed by atoms with van der Waals surface area (Å²) in [5.41, 5.74) is 0.886. The molecule has 2 saturated heterocycles. The second kappa shape index (κ2) is 7.83. The van der Waals surface area contributed by atoms with Crippen molar-refractivity contribution in [1.29, 1.82) is 0 Å². The number of nitrogens with zero attached hydrogens (tertiary/aromatic N) is 1. The van der Waals surface area contributed by atoms with E-state index in [-0.39, 0.29) is 35.5 Å². The van der Waals surface area contributed by atoms with Gasteiger partial charge in [-0.05, 0) is 47.2 Å². The molecule has 4 aliphatic rings. The van der Waals surface area contributed by atoms with Crippen molar-refractivity contribution in [3.05, 3.63) is 82.1 Å². The van der Waals surface area contributed by atoms with Crippen LogP contribution in [0.2, 0.25) is 0 Å².